The van der Waals surface area contributed by atoms with Gasteiger partial charge in [-0.3, -0.25) is 4.79 Å². The van der Waals surface area contributed by atoms with Gasteiger partial charge in [-0.05, 0) is 67.2 Å². The number of carbonyl (C=O) groups excluding carboxylic acids is 2. The van der Waals surface area contributed by atoms with Gasteiger partial charge in [-0.25, -0.2) is 9.79 Å². The number of esters is 1. The van der Waals surface area contributed by atoms with E-state index in [1.807, 2.05) is 31.2 Å². The van der Waals surface area contributed by atoms with E-state index < -0.39 is 5.97 Å². The Bertz CT molecular complexity index is 1000. The maximum atomic E-state index is 12.4. The summed E-state index contributed by atoms with van der Waals surface area (Å²) >= 11 is 4.63. The molecule has 2 aromatic rings. The number of amidine groups is 1. The Morgan fingerprint density at radius 1 is 1.20 bits per heavy atom. The molecule has 1 N–H and O–H groups in total. The molecular formula is C21H19BrN2O5S. The zero-order chi connectivity index (χ0) is 21.5. The molecule has 0 saturated carbocycles. The second-order valence-corrected chi connectivity index (χ2v) is 7.90. The van der Waals surface area contributed by atoms with Crippen molar-refractivity contribution >= 4 is 56.5 Å². The minimum Gasteiger partial charge on any atom is -0.494 e. The quantitative estimate of drug-likeness (QED) is 0.460. The van der Waals surface area contributed by atoms with Crippen LogP contribution >= 0.6 is 27.7 Å². The monoisotopic (exact) mass is 490 g/mol. The molecule has 0 aliphatic carbocycles. The van der Waals surface area contributed by atoms with Crippen LogP contribution in [0.15, 0.2) is 56.8 Å². The highest BCUT2D eigenvalue weighted by molar-refractivity contribution is 9.10. The molecule has 0 spiro atoms. The maximum absolute atomic E-state index is 12.4. The van der Waals surface area contributed by atoms with Crippen LogP contribution in [0.4, 0.5) is 5.69 Å². The van der Waals surface area contributed by atoms with E-state index in [0.29, 0.717) is 33.7 Å². The standard InChI is InChI=1S/C21H19BrN2O5S/c1-3-28-16-7-5-15(6-8-16)23-21-24-20(26)18(30-21)11-13-10-14(22)4-9-17(13)29-12-19(25)27-2/h4-11H,3,12H2,1-2H3,(H,23,24,26)/b18-11+. The number of aliphatic imine (C=N–C) groups is 1. The van der Waals surface area contributed by atoms with E-state index in [9.17, 15) is 9.59 Å². The van der Waals surface area contributed by atoms with E-state index in [1.54, 1.807) is 24.3 Å². The number of thioether (sulfide) groups is 1. The first kappa shape index (κ1) is 21.9. The van der Waals surface area contributed by atoms with Crippen LogP contribution in [0.25, 0.3) is 6.08 Å². The first-order valence-electron chi connectivity index (χ1n) is 9.00. The number of nitrogens with zero attached hydrogens (tertiary/aromatic N) is 1. The summed E-state index contributed by atoms with van der Waals surface area (Å²) < 4.78 is 16.3. The second-order valence-electron chi connectivity index (χ2n) is 5.96. The summed E-state index contributed by atoms with van der Waals surface area (Å²) in [7, 11) is 1.29. The third-order valence-electron chi connectivity index (χ3n) is 3.86. The molecule has 0 radical (unpaired) electrons. The van der Waals surface area contributed by atoms with Crippen molar-refractivity contribution in [3.63, 3.8) is 0 Å². The van der Waals surface area contributed by atoms with Crippen LogP contribution in [-0.4, -0.2) is 37.4 Å². The molecule has 3 rings (SSSR count). The average Bonchev–Trinajstić information content (AvgIpc) is 3.07. The van der Waals surface area contributed by atoms with Crippen LogP contribution in [-0.2, 0) is 14.3 Å². The minimum atomic E-state index is -0.491. The zero-order valence-electron chi connectivity index (χ0n) is 16.3. The van der Waals surface area contributed by atoms with Crippen molar-refractivity contribution in [2.45, 2.75) is 6.92 Å². The van der Waals surface area contributed by atoms with E-state index >= 15 is 0 Å². The Morgan fingerprint density at radius 2 is 1.97 bits per heavy atom. The van der Waals surface area contributed by atoms with Gasteiger partial charge in [0.15, 0.2) is 11.8 Å². The van der Waals surface area contributed by atoms with Gasteiger partial charge in [0.05, 0.1) is 24.3 Å². The predicted molar refractivity (Wildman–Crippen MR) is 120 cm³/mol. The van der Waals surface area contributed by atoms with Gasteiger partial charge < -0.3 is 19.5 Å². The fourth-order valence-electron chi connectivity index (χ4n) is 2.48. The number of hydrogen-bond donors (Lipinski definition) is 1. The van der Waals surface area contributed by atoms with Crippen LogP contribution in [0.2, 0.25) is 0 Å². The summed E-state index contributed by atoms with van der Waals surface area (Å²) in [6, 6.07) is 12.6. The molecule has 1 aliphatic heterocycles. The summed E-state index contributed by atoms with van der Waals surface area (Å²) in [5, 5.41) is 3.23. The van der Waals surface area contributed by atoms with Crippen LogP contribution in [0.1, 0.15) is 12.5 Å². The average molecular weight is 491 g/mol. The molecule has 2 aromatic carbocycles. The zero-order valence-corrected chi connectivity index (χ0v) is 18.7. The highest BCUT2D eigenvalue weighted by Crippen LogP contribution is 2.32. The van der Waals surface area contributed by atoms with Crippen molar-refractivity contribution in [2.24, 2.45) is 4.99 Å². The number of carbonyl (C=O) groups is 2. The van der Waals surface area contributed by atoms with Gasteiger partial charge in [-0.2, -0.15) is 0 Å². The van der Waals surface area contributed by atoms with Crippen molar-refractivity contribution in [2.75, 3.05) is 20.3 Å². The third kappa shape index (κ3) is 5.87. The van der Waals surface area contributed by atoms with Crippen molar-refractivity contribution in [3.8, 4) is 11.5 Å². The first-order valence-corrected chi connectivity index (χ1v) is 10.6. The molecule has 1 heterocycles. The van der Waals surface area contributed by atoms with Crippen molar-refractivity contribution in [1.82, 2.24) is 5.32 Å². The number of ether oxygens (including phenoxy) is 3. The Balaban J connectivity index is 1.79. The third-order valence-corrected chi connectivity index (χ3v) is 5.26. The van der Waals surface area contributed by atoms with Crippen molar-refractivity contribution < 1.29 is 23.8 Å². The van der Waals surface area contributed by atoms with Gasteiger partial charge >= 0.3 is 5.97 Å². The number of nitrogens with one attached hydrogen (secondary N) is 1. The molecule has 156 valence electrons. The summed E-state index contributed by atoms with van der Waals surface area (Å²) in [5.41, 5.74) is 1.35. The molecule has 0 aromatic heterocycles. The number of hydrogen-bond acceptors (Lipinski definition) is 7. The molecule has 1 fully saturated rings. The molecule has 1 aliphatic rings. The fraction of sp³-hybridized carbons (Fsp3) is 0.190. The lowest BCUT2D eigenvalue weighted by atomic mass is 10.2. The van der Waals surface area contributed by atoms with Gasteiger partial charge in [-0.15, -0.1) is 0 Å². The van der Waals surface area contributed by atoms with Gasteiger partial charge in [0.25, 0.3) is 5.91 Å². The lowest BCUT2D eigenvalue weighted by molar-refractivity contribution is -0.142. The van der Waals surface area contributed by atoms with E-state index in [1.165, 1.54) is 18.9 Å². The minimum absolute atomic E-state index is 0.224. The fourth-order valence-corrected chi connectivity index (χ4v) is 3.69. The number of benzene rings is 2. The van der Waals surface area contributed by atoms with Gasteiger partial charge in [0, 0.05) is 10.0 Å². The van der Waals surface area contributed by atoms with Crippen LogP contribution < -0.4 is 14.8 Å². The van der Waals surface area contributed by atoms with E-state index in [2.05, 4.69) is 31.0 Å². The highest BCUT2D eigenvalue weighted by atomic mass is 79.9. The van der Waals surface area contributed by atoms with Crippen LogP contribution in [0.5, 0.6) is 11.5 Å². The SMILES string of the molecule is CCOc1ccc(N=C2NC(=O)/C(=C\c3cc(Br)ccc3OCC(=O)OC)S2)cc1. The molecule has 0 bridgehead atoms. The summed E-state index contributed by atoms with van der Waals surface area (Å²) in [4.78, 5) is 28.7. The van der Waals surface area contributed by atoms with Gasteiger partial charge in [-0.1, -0.05) is 15.9 Å². The highest BCUT2D eigenvalue weighted by Gasteiger charge is 2.24. The Morgan fingerprint density at radius 3 is 2.67 bits per heavy atom. The molecule has 30 heavy (non-hydrogen) atoms. The largest absolute Gasteiger partial charge is 0.494 e. The van der Waals surface area contributed by atoms with Gasteiger partial charge in [0.2, 0.25) is 0 Å². The number of amides is 1. The molecule has 0 unspecified atom stereocenters. The lowest BCUT2D eigenvalue weighted by Crippen LogP contribution is -2.19. The van der Waals surface area contributed by atoms with Crippen LogP contribution in [0, 0.1) is 0 Å². The topological polar surface area (TPSA) is 86.2 Å². The normalized spacial score (nSPS) is 15.9. The molecule has 0 atom stereocenters. The number of halogens is 1. The van der Waals surface area contributed by atoms with Gasteiger partial charge in [0.1, 0.15) is 11.5 Å². The first-order chi connectivity index (χ1) is 14.5. The molecule has 1 amide bonds. The number of methoxy groups -OCH3 is 1. The maximum Gasteiger partial charge on any atom is 0.343 e. The summed E-state index contributed by atoms with van der Waals surface area (Å²) in [6.45, 7) is 2.29. The molecule has 1 saturated heterocycles. The summed E-state index contributed by atoms with van der Waals surface area (Å²) in [5.74, 6) is 0.471. The smallest absolute Gasteiger partial charge is 0.343 e. The van der Waals surface area contributed by atoms with Crippen molar-refractivity contribution in [3.05, 3.63) is 57.4 Å². The Hall–Kier alpha value is -2.78. The van der Waals surface area contributed by atoms with Crippen LogP contribution in [0.3, 0.4) is 0 Å². The van der Waals surface area contributed by atoms with E-state index in [0.717, 1.165) is 10.2 Å². The molecular weight excluding hydrogens is 472 g/mol. The van der Waals surface area contributed by atoms with E-state index in [-0.39, 0.29) is 12.5 Å². The predicted octanol–water partition coefficient (Wildman–Crippen LogP) is 4.29. The summed E-state index contributed by atoms with van der Waals surface area (Å²) in [6.07, 6.45) is 1.69. The number of rotatable bonds is 7. The van der Waals surface area contributed by atoms with E-state index in [4.69, 9.17) is 9.47 Å². The molecule has 9 heteroatoms. The lowest BCUT2D eigenvalue weighted by Gasteiger charge is -2.09. The second kappa shape index (κ2) is 10.3. The van der Waals surface area contributed by atoms with Crippen molar-refractivity contribution in [1.29, 1.82) is 0 Å². The Kier molecular flexibility index (Phi) is 7.53. The Labute approximate surface area is 186 Å². The molecule has 7 nitrogen and oxygen atoms in total.